The maximum absolute atomic E-state index is 8.44. The number of thiophene rings is 1. The van der Waals surface area contributed by atoms with Crippen molar-refractivity contribution in [3.63, 3.8) is 0 Å². The van der Waals surface area contributed by atoms with Crippen molar-refractivity contribution < 1.29 is 5.21 Å². The minimum absolute atomic E-state index is 0.266. The SMILES string of the molecule is CCN(CCC(N)=NO)Cc1ccc(Cl)s1. The molecular formula is C10H16ClN3OS. The minimum Gasteiger partial charge on any atom is -0.409 e. The number of rotatable bonds is 6. The lowest BCUT2D eigenvalue weighted by Crippen LogP contribution is -2.27. The largest absolute Gasteiger partial charge is 0.409 e. The smallest absolute Gasteiger partial charge is 0.140 e. The Hall–Kier alpha value is -0.780. The fraction of sp³-hybridized carbons (Fsp3) is 0.500. The Bertz CT molecular complexity index is 354. The number of nitrogens with two attached hydrogens (primary N) is 1. The lowest BCUT2D eigenvalue weighted by molar-refractivity contribution is 0.285. The van der Waals surface area contributed by atoms with Crippen LogP contribution < -0.4 is 5.73 Å². The van der Waals surface area contributed by atoms with Gasteiger partial charge in [0.05, 0.1) is 4.34 Å². The number of halogens is 1. The zero-order valence-electron chi connectivity index (χ0n) is 9.19. The van der Waals surface area contributed by atoms with E-state index < -0.39 is 0 Å². The molecule has 0 aliphatic carbocycles. The number of hydrogen-bond acceptors (Lipinski definition) is 4. The maximum atomic E-state index is 8.44. The highest BCUT2D eigenvalue weighted by Gasteiger charge is 2.06. The topological polar surface area (TPSA) is 61.8 Å². The van der Waals surface area contributed by atoms with Gasteiger partial charge in [0.25, 0.3) is 0 Å². The highest BCUT2D eigenvalue weighted by atomic mass is 35.5. The monoisotopic (exact) mass is 261 g/mol. The summed E-state index contributed by atoms with van der Waals surface area (Å²) in [4.78, 5) is 3.45. The van der Waals surface area contributed by atoms with Crippen molar-refractivity contribution in [2.24, 2.45) is 10.9 Å². The fourth-order valence-electron chi connectivity index (χ4n) is 1.33. The third kappa shape index (κ3) is 4.38. The van der Waals surface area contributed by atoms with Crippen molar-refractivity contribution >= 4 is 28.8 Å². The van der Waals surface area contributed by atoms with Crippen LogP contribution >= 0.6 is 22.9 Å². The molecule has 0 amide bonds. The molecule has 0 atom stereocenters. The summed E-state index contributed by atoms with van der Waals surface area (Å²) in [5.74, 6) is 0.266. The van der Waals surface area contributed by atoms with Gasteiger partial charge in [0, 0.05) is 24.4 Å². The van der Waals surface area contributed by atoms with E-state index in [-0.39, 0.29) is 5.84 Å². The lowest BCUT2D eigenvalue weighted by Gasteiger charge is -2.18. The first kappa shape index (κ1) is 13.3. The highest BCUT2D eigenvalue weighted by molar-refractivity contribution is 7.16. The van der Waals surface area contributed by atoms with E-state index in [1.165, 1.54) is 4.88 Å². The maximum Gasteiger partial charge on any atom is 0.140 e. The molecule has 0 saturated carbocycles. The molecule has 1 aromatic rings. The quantitative estimate of drug-likeness (QED) is 0.358. The van der Waals surface area contributed by atoms with Gasteiger partial charge in [-0.2, -0.15) is 0 Å². The summed E-state index contributed by atoms with van der Waals surface area (Å²) < 4.78 is 0.808. The van der Waals surface area contributed by atoms with Crippen LogP contribution in [0.25, 0.3) is 0 Å². The summed E-state index contributed by atoms with van der Waals surface area (Å²) in [7, 11) is 0. The molecule has 1 heterocycles. The average Bonchev–Trinajstić information content (AvgIpc) is 2.69. The van der Waals surface area contributed by atoms with Crippen molar-refractivity contribution in [3.8, 4) is 0 Å². The summed E-state index contributed by atoms with van der Waals surface area (Å²) >= 11 is 7.45. The van der Waals surface area contributed by atoms with Gasteiger partial charge in [-0.05, 0) is 18.7 Å². The van der Waals surface area contributed by atoms with Crippen LogP contribution in [0.1, 0.15) is 18.2 Å². The van der Waals surface area contributed by atoms with E-state index in [9.17, 15) is 0 Å². The van der Waals surface area contributed by atoms with Gasteiger partial charge in [0.2, 0.25) is 0 Å². The first-order valence-electron chi connectivity index (χ1n) is 5.08. The molecule has 0 aliphatic rings. The van der Waals surface area contributed by atoms with E-state index in [4.69, 9.17) is 22.5 Å². The summed E-state index contributed by atoms with van der Waals surface area (Å²) in [5.41, 5.74) is 5.43. The van der Waals surface area contributed by atoms with Gasteiger partial charge in [-0.3, -0.25) is 4.90 Å². The molecule has 6 heteroatoms. The number of nitrogens with zero attached hydrogens (tertiary/aromatic N) is 2. The molecule has 0 aliphatic heterocycles. The van der Waals surface area contributed by atoms with Crippen molar-refractivity contribution in [2.45, 2.75) is 19.9 Å². The Morgan fingerprint density at radius 2 is 2.38 bits per heavy atom. The van der Waals surface area contributed by atoms with Crippen LogP contribution in [-0.4, -0.2) is 29.0 Å². The van der Waals surface area contributed by atoms with E-state index in [1.807, 2.05) is 12.1 Å². The van der Waals surface area contributed by atoms with Crippen LogP contribution in [-0.2, 0) is 6.54 Å². The van der Waals surface area contributed by atoms with Crippen molar-refractivity contribution in [3.05, 3.63) is 21.3 Å². The zero-order chi connectivity index (χ0) is 12.0. The van der Waals surface area contributed by atoms with Crippen molar-refractivity contribution in [2.75, 3.05) is 13.1 Å². The Labute approximate surface area is 104 Å². The van der Waals surface area contributed by atoms with E-state index in [2.05, 4.69) is 17.0 Å². The van der Waals surface area contributed by atoms with Gasteiger partial charge in [-0.25, -0.2) is 0 Å². The molecule has 0 aromatic carbocycles. The standard InChI is InChI=1S/C10H16ClN3OS/c1-2-14(6-5-10(12)13-15)7-8-3-4-9(11)16-8/h3-4,15H,2,5-7H2,1H3,(H2,12,13). The van der Waals surface area contributed by atoms with E-state index in [0.717, 1.165) is 24.0 Å². The Morgan fingerprint density at radius 3 is 2.88 bits per heavy atom. The second kappa shape index (κ2) is 6.73. The fourth-order valence-corrected chi connectivity index (χ4v) is 2.46. The van der Waals surface area contributed by atoms with Crippen LogP contribution in [0, 0.1) is 0 Å². The van der Waals surface area contributed by atoms with Gasteiger partial charge >= 0.3 is 0 Å². The van der Waals surface area contributed by atoms with Crippen molar-refractivity contribution in [1.82, 2.24) is 4.90 Å². The van der Waals surface area contributed by atoms with E-state index in [0.29, 0.717) is 6.42 Å². The van der Waals surface area contributed by atoms with Crippen molar-refractivity contribution in [1.29, 1.82) is 0 Å². The van der Waals surface area contributed by atoms with Crippen LogP contribution in [0.5, 0.6) is 0 Å². The highest BCUT2D eigenvalue weighted by Crippen LogP contribution is 2.22. The molecule has 16 heavy (non-hydrogen) atoms. The molecule has 0 unspecified atom stereocenters. The molecular weight excluding hydrogens is 246 g/mol. The molecule has 0 bridgehead atoms. The number of amidine groups is 1. The van der Waals surface area contributed by atoms with Crippen LogP contribution in [0.3, 0.4) is 0 Å². The second-order valence-electron chi connectivity index (χ2n) is 3.42. The second-order valence-corrected chi connectivity index (χ2v) is 5.22. The van der Waals surface area contributed by atoms with Crippen LogP contribution in [0.4, 0.5) is 0 Å². The molecule has 0 spiro atoms. The molecule has 0 saturated heterocycles. The van der Waals surface area contributed by atoms with Crippen LogP contribution in [0.15, 0.2) is 17.3 Å². The third-order valence-electron chi connectivity index (χ3n) is 2.27. The van der Waals surface area contributed by atoms with E-state index in [1.54, 1.807) is 11.3 Å². The molecule has 1 aromatic heterocycles. The molecule has 3 N–H and O–H groups in total. The van der Waals surface area contributed by atoms with Gasteiger partial charge in [-0.1, -0.05) is 23.7 Å². The summed E-state index contributed by atoms with van der Waals surface area (Å²) in [6.07, 6.45) is 0.573. The molecule has 0 fully saturated rings. The number of hydrogen-bond donors (Lipinski definition) is 2. The molecule has 1 rings (SSSR count). The summed E-state index contributed by atoms with van der Waals surface area (Å²) in [6, 6.07) is 3.93. The summed E-state index contributed by atoms with van der Waals surface area (Å²) in [6.45, 7) is 4.64. The number of oxime groups is 1. The van der Waals surface area contributed by atoms with Crippen LogP contribution in [0.2, 0.25) is 4.34 Å². The van der Waals surface area contributed by atoms with Gasteiger partial charge < -0.3 is 10.9 Å². The lowest BCUT2D eigenvalue weighted by atomic mass is 10.3. The van der Waals surface area contributed by atoms with Gasteiger partial charge in [0.1, 0.15) is 5.84 Å². The van der Waals surface area contributed by atoms with Gasteiger partial charge in [-0.15, -0.1) is 11.3 Å². The zero-order valence-corrected chi connectivity index (χ0v) is 10.8. The van der Waals surface area contributed by atoms with Gasteiger partial charge in [0.15, 0.2) is 0 Å². The Morgan fingerprint density at radius 1 is 1.62 bits per heavy atom. The molecule has 90 valence electrons. The minimum atomic E-state index is 0.266. The first-order valence-corrected chi connectivity index (χ1v) is 6.28. The average molecular weight is 262 g/mol. The molecule has 4 nitrogen and oxygen atoms in total. The normalized spacial score (nSPS) is 12.3. The third-order valence-corrected chi connectivity index (χ3v) is 3.48. The predicted octanol–water partition coefficient (Wildman–Crippen LogP) is 2.36. The predicted molar refractivity (Wildman–Crippen MR) is 68.3 cm³/mol. The van der Waals surface area contributed by atoms with E-state index >= 15 is 0 Å². The Kier molecular flexibility index (Phi) is 5.59. The molecule has 0 radical (unpaired) electrons. The summed E-state index contributed by atoms with van der Waals surface area (Å²) in [5, 5.41) is 11.4. The first-order chi connectivity index (χ1) is 7.65. The Balaban J connectivity index is 2.43.